The number of hydrogen-bond donors (Lipinski definition) is 2. The van der Waals surface area contributed by atoms with Crippen LogP contribution in [0, 0.1) is 24.7 Å². The second kappa shape index (κ2) is 6.39. The molecule has 0 spiro atoms. The molecule has 0 atom stereocenters. The van der Waals surface area contributed by atoms with E-state index in [1.807, 2.05) is 35.9 Å². The van der Waals surface area contributed by atoms with Gasteiger partial charge in [-0.25, -0.2) is 4.79 Å². The number of benzene rings is 1. The number of urea groups is 1. The number of carbonyl (C=O) groups is 1. The predicted molar refractivity (Wildman–Crippen MR) is 106 cm³/mol. The van der Waals surface area contributed by atoms with Gasteiger partial charge in [-0.2, -0.15) is 5.10 Å². The van der Waals surface area contributed by atoms with Crippen molar-refractivity contribution >= 4 is 11.8 Å². The molecule has 0 radical (unpaired) electrons. The van der Waals surface area contributed by atoms with Crippen LogP contribution in [-0.2, 0) is 6.54 Å². The summed E-state index contributed by atoms with van der Waals surface area (Å²) in [4.78, 5) is 12.7. The quantitative estimate of drug-likeness (QED) is 0.848. The van der Waals surface area contributed by atoms with E-state index in [-0.39, 0.29) is 11.6 Å². The topological polar surface area (TPSA) is 59.0 Å². The Hall–Kier alpha value is -2.30. The molecule has 1 aromatic carbocycles. The van der Waals surface area contributed by atoms with E-state index in [1.165, 1.54) is 24.8 Å². The van der Waals surface area contributed by atoms with Crippen molar-refractivity contribution in [1.29, 1.82) is 0 Å². The number of aryl methyl sites for hydroxylation is 1. The highest BCUT2D eigenvalue weighted by atomic mass is 16.2. The monoisotopic (exact) mass is 364 g/mol. The van der Waals surface area contributed by atoms with Gasteiger partial charge in [0.25, 0.3) is 0 Å². The van der Waals surface area contributed by atoms with Crippen LogP contribution >= 0.6 is 0 Å². The smallest absolute Gasteiger partial charge is 0.320 e. The molecule has 2 N–H and O–H groups in total. The van der Waals surface area contributed by atoms with E-state index in [0.29, 0.717) is 12.4 Å². The highest BCUT2D eigenvalue weighted by molar-refractivity contribution is 5.88. The van der Waals surface area contributed by atoms with Crippen LogP contribution in [0.4, 0.5) is 10.6 Å². The van der Waals surface area contributed by atoms with Crippen LogP contribution in [0.15, 0.2) is 36.4 Å². The van der Waals surface area contributed by atoms with Crippen LogP contribution in [-0.4, -0.2) is 21.4 Å². The number of aromatic nitrogens is 2. The number of anilines is 1. The summed E-state index contributed by atoms with van der Waals surface area (Å²) in [5, 5.41) is 10.9. The first kappa shape index (κ1) is 16.8. The fourth-order valence-corrected chi connectivity index (χ4v) is 6.14. The lowest BCUT2D eigenvalue weighted by molar-refractivity contribution is -0.0127. The van der Waals surface area contributed by atoms with Gasteiger partial charge >= 0.3 is 6.03 Å². The third-order valence-electron chi connectivity index (χ3n) is 6.81. The molecule has 4 bridgehead atoms. The van der Waals surface area contributed by atoms with Gasteiger partial charge in [0.15, 0.2) is 5.82 Å². The molecule has 4 saturated carbocycles. The minimum absolute atomic E-state index is 0.0283. The highest BCUT2D eigenvalue weighted by Crippen LogP contribution is 2.55. The van der Waals surface area contributed by atoms with Gasteiger partial charge < -0.3 is 5.32 Å². The van der Waals surface area contributed by atoms with Crippen LogP contribution in [0.2, 0.25) is 0 Å². The molecule has 0 saturated heterocycles. The van der Waals surface area contributed by atoms with Gasteiger partial charge in [-0.15, -0.1) is 0 Å². The number of carbonyl (C=O) groups excluding carboxylic acids is 1. The van der Waals surface area contributed by atoms with Gasteiger partial charge in [0, 0.05) is 17.3 Å². The third-order valence-corrected chi connectivity index (χ3v) is 6.81. The van der Waals surface area contributed by atoms with E-state index in [2.05, 4.69) is 27.9 Å². The highest BCUT2D eigenvalue weighted by Gasteiger charge is 2.51. The molecule has 4 aliphatic rings. The van der Waals surface area contributed by atoms with Crippen molar-refractivity contribution in [2.24, 2.45) is 17.8 Å². The zero-order chi connectivity index (χ0) is 18.4. The molecule has 2 aromatic rings. The Kier molecular flexibility index (Phi) is 3.99. The third kappa shape index (κ3) is 3.35. The van der Waals surface area contributed by atoms with E-state index in [0.717, 1.165) is 42.7 Å². The van der Waals surface area contributed by atoms with Crippen LogP contribution in [0.3, 0.4) is 0 Å². The van der Waals surface area contributed by atoms with Crippen molar-refractivity contribution in [3.05, 3.63) is 47.7 Å². The maximum atomic E-state index is 12.7. The average Bonchev–Trinajstić information content (AvgIpc) is 2.92. The van der Waals surface area contributed by atoms with Gasteiger partial charge in [-0.3, -0.25) is 10.00 Å². The van der Waals surface area contributed by atoms with Crippen LogP contribution in [0.25, 0.3) is 0 Å². The van der Waals surface area contributed by atoms with Crippen LogP contribution in [0.5, 0.6) is 0 Å². The molecule has 4 aliphatic carbocycles. The van der Waals surface area contributed by atoms with Crippen molar-refractivity contribution < 1.29 is 4.79 Å². The minimum Gasteiger partial charge on any atom is -0.332 e. The van der Waals surface area contributed by atoms with E-state index < -0.39 is 0 Å². The van der Waals surface area contributed by atoms with Gasteiger partial charge in [0.2, 0.25) is 0 Å². The number of amides is 2. The van der Waals surface area contributed by atoms with Crippen LogP contribution < -0.4 is 10.6 Å². The number of hydrogen-bond acceptors (Lipinski definition) is 2. The zero-order valence-electron chi connectivity index (χ0n) is 15.9. The Balaban J connectivity index is 1.24. The summed E-state index contributed by atoms with van der Waals surface area (Å²) in [6, 6.07) is 12.1. The van der Waals surface area contributed by atoms with E-state index in [9.17, 15) is 4.79 Å². The number of nitrogens with one attached hydrogen (secondary N) is 2. The minimum atomic E-state index is -0.0960. The molecule has 142 valence electrons. The first-order valence-corrected chi connectivity index (χ1v) is 10.2. The normalized spacial score (nSPS) is 31.1. The Labute approximate surface area is 160 Å². The molecule has 1 heterocycles. The molecule has 5 heteroatoms. The first-order valence-electron chi connectivity index (χ1n) is 10.2. The maximum Gasteiger partial charge on any atom is 0.320 e. The van der Waals surface area contributed by atoms with Gasteiger partial charge in [0.05, 0.1) is 6.54 Å². The molecule has 1 aromatic heterocycles. The Morgan fingerprint density at radius 3 is 2.37 bits per heavy atom. The Morgan fingerprint density at radius 1 is 1.11 bits per heavy atom. The van der Waals surface area contributed by atoms with Gasteiger partial charge in [-0.1, -0.05) is 30.3 Å². The van der Waals surface area contributed by atoms with Crippen molar-refractivity contribution in [3.8, 4) is 0 Å². The standard InChI is InChI=1S/C22H28N4O/c1-15-7-20(25-26(15)14-16-5-3-2-4-6-16)23-21(27)24-22-11-17-8-18(12-22)10-19(9-17)13-22/h2-7,17-19H,8-14H2,1H3,(H2,23,24,25,27). The van der Waals surface area contributed by atoms with Crippen molar-refractivity contribution in [1.82, 2.24) is 15.1 Å². The van der Waals surface area contributed by atoms with Gasteiger partial charge in [0.1, 0.15) is 0 Å². The molecule has 4 fully saturated rings. The first-order chi connectivity index (χ1) is 13.1. The van der Waals surface area contributed by atoms with E-state index in [4.69, 9.17) is 0 Å². The molecule has 27 heavy (non-hydrogen) atoms. The largest absolute Gasteiger partial charge is 0.332 e. The lowest BCUT2D eigenvalue weighted by Crippen LogP contribution is -2.60. The maximum absolute atomic E-state index is 12.7. The summed E-state index contributed by atoms with van der Waals surface area (Å²) in [6.45, 7) is 2.74. The summed E-state index contributed by atoms with van der Waals surface area (Å²) >= 11 is 0. The Morgan fingerprint density at radius 2 is 1.74 bits per heavy atom. The fourth-order valence-electron chi connectivity index (χ4n) is 6.14. The van der Waals surface area contributed by atoms with E-state index >= 15 is 0 Å². The number of nitrogens with zero attached hydrogens (tertiary/aromatic N) is 2. The summed E-state index contributed by atoms with van der Waals surface area (Å²) in [5.41, 5.74) is 2.28. The van der Waals surface area contributed by atoms with Crippen LogP contribution in [0.1, 0.15) is 49.8 Å². The molecular weight excluding hydrogens is 336 g/mol. The number of rotatable bonds is 4. The Bertz CT molecular complexity index is 806. The fraction of sp³-hybridized carbons (Fsp3) is 0.545. The molecule has 0 aliphatic heterocycles. The molecule has 5 nitrogen and oxygen atoms in total. The molecule has 2 amide bonds. The molecule has 0 unspecified atom stereocenters. The van der Waals surface area contributed by atoms with Crippen molar-refractivity contribution in [3.63, 3.8) is 0 Å². The summed E-state index contributed by atoms with van der Waals surface area (Å²) in [5.74, 6) is 3.10. The molecule has 6 rings (SSSR count). The second-order valence-electron chi connectivity index (χ2n) is 9.09. The summed E-state index contributed by atoms with van der Waals surface area (Å²) < 4.78 is 1.94. The second-order valence-corrected chi connectivity index (χ2v) is 9.09. The molecular formula is C22H28N4O. The summed E-state index contributed by atoms with van der Waals surface area (Å²) in [7, 11) is 0. The predicted octanol–water partition coefficient (Wildman–Crippen LogP) is 4.33. The van der Waals surface area contributed by atoms with Gasteiger partial charge in [-0.05, 0) is 68.8 Å². The lowest BCUT2D eigenvalue weighted by atomic mass is 9.53. The van der Waals surface area contributed by atoms with Crippen molar-refractivity contribution in [2.45, 2.75) is 57.5 Å². The summed E-state index contributed by atoms with van der Waals surface area (Å²) in [6.07, 6.45) is 7.62. The lowest BCUT2D eigenvalue weighted by Gasteiger charge is -2.56. The van der Waals surface area contributed by atoms with E-state index in [1.54, 1.807) is 0 Å². The van der Waals surface area contributed by atoms with Crippen molar-refractivity contribution in [2.75, 3.05) is 5.32 Å². The zero-order valence-corrected chi connectivity index (χ0v) is 15.9. The average molecular weight is 364 g/mol. The SMILES string of the molecule is Cc1cc(NC(=O)NC23CC4CC(CC(C4)C2)C3)nn1Cc1ccccc1.